The Bertz CT molecular complexity index is 729. The van der Waals surface area contributed by atoms with E-state index < -0.39 is 18.0 Å². The Balaban J connectivity index is 2.01. The first kappa shape index (κ1) is 16.8. The number of nitrogens with one attached hydrogen (secondary N) is 1. The molecule has 6 heteroatoms. The van der Waals surface area contributed by atoms with Crippen molar-refractivity contribution in [1.82, 2.24) is 0 Å². The molecule has 0 unspecified atom stereocenters. The van der Waals surface area contributed by atoms with E-state index in [2.05, 4.69) is 5.32 Å². The Morgan fingerprint density at radius 2 is 1.83 bits per heavy atom. The van der Waals surface area contributed by atoms with Crippen LogP contribution in [0.4, 0.5) is 11.4 Å². The van der Waals surface area contributed by atoms with Crippen molar-refractivity contribution in [2.24, 2.45) is 0 Å². The van der Waals surface area contributed by atoms with Gasteiger partial charge in [-0.3, -0.25) is 4.79 Å². The largest absolute Gasteiger partial charge is 0.449 e. The number of rotatable bonds is 4. The van der Waals surface area contributed by atoms with Gasteiger partial charge in [0.2, 0.25) is 0 Å². The number of ether oxygens (including phenoxy) is 1. The van der Waals surface area contributed by atoms with Crippen molar-refractivity contribution in [3.63, 3.8) is 0 Å². The van der Waals surface area contributed by atoms with Gasteiger partial charge in [-0.1, -0.05) is 23.7 Å². The van der Waals surface area contributed by atoms with Crippen LogP contribution in [0.25, 0.3) is 0 Å². The van der Waals surface area contributed by atoms with Gasteiger partial charge >= 0.3 is 5.97 Å². The van der Waals surface area contributed by atoms with Gasteiger partial charge in [0.1, 0.15) is 0 Å². The van der Waals surface area contributed by atoms with Crippen LogP contribution in [0.2, 0.25) is 5.02 Å². The molecule has 2 rings (SSSR count). The average Bonchev–Trinajstić information content (AvgIpc) is 2.52. The summed E-state index contributed by atoms with van der Waals surface area (Å²) in [5.41, 5.74) is 7.80. The normalized spacial score (nSPS) is 11.6. The Labute approximate surface area is 139 Å². The topological polar surface area (TPSA) is 81.4 Å². The third-order valence-electron chi connectivity index (χ3n) is 3.31. The number of para-hydroxylation sites is 1. The van der Waals surface area contributed by atoms with Crippen LogP contribution < -0.4 is 11.1 Å². The van der Waals surface area contributed by atoms with Crippen LogP contribution in [0.15, 0.2) is 42.5 Å². The second kappa shape index (κ2) is 7.15. The molecule has 0 radical (unpaired) electrons. The van der Waals surface area contributed by atoms with Gasteiger partial charge in [0.25, 0.3) is 5.91 Å². The molecule has 120 valence electrons. The highest BCUT2D eigenvalue weighted by atomic mass is 35.5. The van der Waals surface area contributed by atoms with Crippen molar-refractivity contribution in [3.8, 4) is 0 Å². The molecule has 0 saturated carbocycles. The summed E-state index contributed by atoms with van der Waals surface area (Å²) in [5.74, 6) is -1.07. The number of carbonyl (C=O) groups is 2. The van der Waals surface area contributed by atoms with Gasteiger partial charge in [0, 0.05) is 16.4 Å². The molecule has 3 N–H and O–H groups in total. The van der Waals surface area contributed by atoms with Crippen molar-refractivity contribution >= 4 is 34.9 Å². The zero-order chi connectivity index (χ0) is 17.0. The quantitative estimate of drug-likeness (QED) is 0.664. The summed E-state index contributed by atoms with van der Waals surface area (Å²) < 4.78 is 5.17. The Morgan fingerprint density at radius 1 is 1.17 bits per heavy atom. The molecule has 0 fully saturated rings. The molecular formula is C17H17ClN2O3. The summed E-state index contributed by atoms with van der Waals surface area (Å²) in [6.45, 7) is 3.29. The predicted octanol–water partition coefficient (Wildman–Crippen LogP) is 3.41. The van der Waals surface area contributed by atoms with Gasteiger partial charge in [-0.2, -0.15) is 0 Å². The van der Waals surface area contributed by atoms with E-state index in [1.165, 1.54) is 6.92 Å². The molecule has 0 aliphatic rings. The molecule has 1 atom stereocenters. The first-order valence-electron chi connectivity index (χ1n) is 7.01. The molecule has 23 heavy (non-hydrogen) atoms. The van der Waals surface area contributed by atoms with Crippen molar-refractivity contribution < 1.29 is 14.3 Å². The molecule has 0 aromatic heterocycles. The van der Waals surface area contributed by atoms with Crippen LogP contribution in [0.1, 0.15) is 22.8 Å². The van der Waals surface area contributed by atoms with Gasteiger partial charge < -0.3 is 15.8 Å². The minimum absolute atomic E-state index is 0.246. The highest BCUT2D eigenvalue weighted by molar-refractivity contribution is 6.30. The van der Waals surface area contributed by atoms with Gasteiger partial charge in [-0.15, -0.1) is 0 Å². The second-order valence-corrected chi connectivity index (χ2v) is 5.52. The smallest absolute Gasteiger partial charge is 0.341 e. The van der Waals surface area contributed by atoms with Crippen molar-refractivity contribution in [2.45, 2.75) is 20.0 Å². The summed E-state index contributed by atoms with van der Waals surface area (Å²) in [4.78, 5) is 24.2. The van der Waals surface area contributed by atoms with Crippen LogP contribution in [0, 0.1) is 6.92 Å². The highest BCUT2D eigenvalue weighted by Gasteiger charge is 2.20. The van der Waals surface area contributed by atoms with E-state index in [9.17, 15) is 9.59 Å². The number of hydrogen-bond acceptors (Lipinski definition) is 4. The molecule has 5 nitrogen and oxygen atoms in total. The molecular weight excluding hydrogens is 316 g/mol. The number of aryl methyl sites for hydroxylation is 1. The van der Waals surface area contributed by atoms with Gasteiger partial charge in [-0.05, 0) is 49.7 Å². The van der Waals surface area contributed by atoms with Crippen LogP contribution in [0.3, 0.4) is 0 Å². The van der Waals surface area contributed by atoms with E-state index in [0.717, 1.165) is 5.56 Å². The summed E-state index contributed by atoms with van der Waals surface area (Å²) in [5, 5.41) is 3.21. The summed E-state index contributed by atoms with van der Waals surface area (Å²) in [6, 6.07) is 11.7. The average molecular weight is 333 g/mol. The first-order valence-corrected chi connectivity index (χ1v) is 7.39. The lowest BCUT2D eigenvalue weighted by Crippen LogP contribution is -2.30. The first-order chi connectivity index (χ1) is 10.9. The fourth-order valence-electron chi connectivity index (χ4n) is 1.91. The lowest BCUT2D eigenvalue weighted by molar-refractivity contribution is -0.123. The minimum atomic E-state index is -0.960. The van der Waals surface area contributed by atoms with Crippen molar-refractivity contribution in [3.05, 3.63) is 58.6 Å². The SMILES string of the molecule is Cc1cccc(C(=O)O[C@H](C)C(=O)Nc2ccc(Cl)cc2)c1N. The lowest BCUT2D eigenvalue weighted by Gasteiger charge is -2.15. The standard InChI is InChI=1S/C17H17ClN2O3/c1-10-4-3-5-14(15(10)19)17(22)23-11(2)16(21)20-13-8-6-12(18)7-9-13/h3-9,11H,19H2,1-2H3,(H,20,21)/t11-/m1/s1. The Kier molecular flexibility index (Phi) is 5.24. The van der Waals surface area contributed by atoms with Gasteiger partial charge in [-0.25, -0.2) is 4.79 Å². The van der Waals surface area contributed by atoms with E-state index in [1.54, 1.807) is 49.4 Å². The zero-order valence-corrected chi connectivity index (χ0v) is 13.6. The summed E-state index contributed by atoms with van der Waals surface area (Å²) in [7, 11) is 0. The molecule has 0 bridgehead atoms. The van der Waals surface area contributed by atoms with Gasteiger partial charge in [0.15, 0.2) is 6.10 Å². The maximum absolute atomic E-state index is 12.1. The number of nitrogens with two attached hydrogens (primary N) is 1. The van der Waals surface area contributed by atoms with Crippen LogP contribution in [0.5, 0.6) is 0 Å². The number of benzene rings is 2. The molecule has 2 aromatic rings. The Morgan fingerprint density at radius 3 is 2.48 bits per heavy atom. The number of hydrogen-bond donors (Lipinski definition) is 2. The molecule has 1 amide bonds. The van der Waals surface area contributed by atoms with E-state index in [1.807, 2.05) is 0 Å². The van der Waals surface area contributed by atoms with E-state index in [-0.39, 0.29) is 5.56 Å². The molecule has 0 aliphatic heterocycles. The number of carbonyl (C=O) groups excluding carboxylic acids is 2. The molecule has 0 saturated heterocycles. The third kappa shape index (κ3) is 4.23. The van der Waals surface area contributed by atoms with E-state index in [0.29, 0.717) is 16.4 Å². The summed E-state index contributed by atoms with van der Waals surface area (Å²) >= 11 is 5.78. The summed E-state index contributed by atoms with van der Waals surface area (Å²) in [6.07, 6.45) is -0.960. The zero-order valence-electron chi connectivity index (χ0n) is 12.8. The minimum Gasteiger partial charge on any atom is -0.449 e. The molecule has 0 spiro atoms. The van der Waals surface area contributed by atoms with Crippen molar-refractivity contribution in [1.29, 1.82) is 0 Å². The maximum Gasteiger partial charge on any atom is 0.341 e. The van der Waals surface area contributed by atoms with Crippen LogP contribution in [-0.4, -0.2) is 18.0 Å². The number of halogens is 1. The fourth-order valence-corrected chi connectivity index (χ4v) is 2.04. The third-order valence-corrected chi connectivity index (χ3v) is 3.56. The number of nitrogen functional groups attached to an aromatic ring is 1. The monoisotopic (exact) mass is 332 g/mol. The molecule has 0 heterocycles. The van der Waals surface area contributed by atoms with Crippen molar-refractivity contribution in [2.75, 3.05) is 11.1 Å². The number of esters is 1. The Hall–Kier alpha value is -2.53. The van der Waals surface area contributed by atoms with E-state index >= 15 is 0 Å². The molecule has 0 aliphatic carbocycles. The second-order valence-electron chi connectivity index (χ2n) is 5.08. The predicted molar refractivity (Wildman–Crippen MR) is 90.6 cm³/mol. The fraction of sp³-hybridized carbons (Fsp3) is 0.176. The lowest BCUT2D eigenvalue weighted by atomic mass is 10.1. The van der Waals surface area contributed by atoms with E-state index in [4.69, 9.17) is 22.1 Å². The number of anilines is 2. The maximum atomic E-state index is 12.1. The van der Waals surface area contributed by atoms with Crippen LogP contribution >= 0.6 is 11.6 Å². The van der Waals surface area contributed by atoms with Gasteiger partial charge in [0.05, 0.1) is 5.56 Å². The molecule has 2 aromatic carbocycles. The van der Waals surface area contributed by atoms with Crippen LogP contribution in [-0.2, 0) is 9.53 Å². The number of amides is 1. The highest BCUT2D eigenvalue weighted by Crippen LogP contribution is 2.18.